The minimum absolute atomic E-state index is 0.0358. The van der Waals surface area contributed by atoms with Crippen molar-refractivity contribution in [3.63, 3.8) is 0 Å². The molecule has 1 unspecified atom stereocenters. The Morgan fingerprint density at radius 1 is 1.38 bits per heavy atom. The van der Waals surface area contributed by atoms with Gasteiger partial charge in [0, 0.05) is 41.4 Å². The fraction of sp³-hybridized carbons (Fsp3) is 0.240. The van der Waals surface area contributed by atoms with Gasteiger partial charge in [-0.25, -0.2) is 0 Å². The first-order valence-corrected chi connectivity index (χ1v) is 11.8. The second kappa shape index (κ2) is 9.43. The SMILES string of the molecule is C=CN1C=CC=C(C(=O)N2CCCC(NC(=C)c3cc4cc(Br)cc(Cl)c4[nH]3)C2)/C1=C/C. The van der Waals surface area contributed by atoms with Gasteiger partial charge < -0.3 is 20.1 Å². The van der Waals surface area contributed by atoms with Crippen LogP contribution in [0.1, 0.15) is 25.5 Å². The number of amides is 1. The highest BCUT2D eigenvalue weighted by Crippen LogP contribution is 2.30. The van der Waals surface area contributed by atoms with E-state index in [1.54, 1.807) is 6.20 Å². The van der Waals surface area contributed by atoms with Gasteiger partial charge in [0.05, 0.1) is 33.2 Å². The summed E-state index contributed by atoms with van der Waals surface area (Å²) < 4.78 is 0.933. The molecule has 0 bridgehead atoms. The summed E-state index contributed by atoms with van der Waals surface area (Å²) in [7, 11) is 0. The molecule has 0 radical (unpaired) electrons. The van der Waals surface area contributed by atoms with Gasteiger partial charge in [0.25, 0.3) is 5.91 Å². The summed E-state index contributed by atoms with van der Waals surface area (Å²) in [5.41, 5.74) is 4.11. The lowest BCUT2D eigenvalue weighted by Crippen LogP contribution is -2.48. The Hall–Kier alpha value is -2.70. The third kappa shape index (κ3) is 4.43. The van der Waals surface area contributed by atoms with Gasteiger partial charge in [-0.15, -0.1) is 0 Å². The number of fused-ring (bicyclic) bond motifs is 1. The van der Waals surface area contributed by atoms with Crippen molar-refractivity contribution < 1.29 is 4.79 Å². The average Bonchev–Trinajstić information content (AvgIpc) is 3.22. The molecule has 1 atom stereocenters. The molecule has 1 fully saturated rings. The van der Waals surface area contributed by atoms with Gasteiger partial charge >= 0.3 is 0 Å². The minimum atomic E-state index is 0.0358. The predicted octanol–water partition coefficient (Wildman–Crippen LogP) is 5.94. The Balaban J connectivity index is 1.46. The van der Waals surface area contributed by atoms with E-state index in [-0.39, 0.29) is 11.9 Å². The second-order valence-electron chi connectivity index (χ2n) is 7.93. The third-order valence-electron chi connectivity index (χ3n) is 5.82. The number of aromatic amines is 1. The van der Waals surface area contributed by atoms with E-state index in [4.69, 9.17) is 11.6 Å². The largest absolute Gasteiger partial charge is 0.379 e. The smallest absolute Gasteiger partial charge is 0.256 e. The molecule has 166 valence electrons. The molecule has 2 aromatic rings. The Kier molecular flexibility index (Phi) is 6.63. The standard InChI is InChI=1S/C25H26BrClN4O/c1-4-23-20(9-7-10-30(23)5-2)25(32)31-11-6-8-19(15-31)28-16(3)22-13-17-12-18(26)14-21(27)24(17)29-22/h4-5,7,9-10,12-14,19,28-29H,2-3,6,8,11,15H2,1H3/b23-4-. The molecular formula is C25H26BrClN4O. The number of hydrogen-bond donors (Lipinski definition) is 2. The van der Waals surface area contributed by atoms with Crippen LogP contribution >= 0.6 is 27.5 Å². The molecule has 1 aromatic carbocycles. The predicted molar refractivity (Wildman–Crippen MR) is 136 cm³/mol. The molecule has 1 saturated heterocycles. The average molecular weight is 514 g/mol. The van der Waals surface area contributed by atoms with Crippen LogP contribution in [0.3, 0.4) is 0 Å². The number of rotatable bonds is 5. The maximum Gasteiger partial charge on any atom is 0.256 e. The molecular weight excluding hydrogens is 488 g/mol. The van der Waals surface area contributed by atoms with Crippen LogP contribution in [0.25, 0.3) is 16.6 Å². The minimum Gasteiger partial charge on any atom is -0.379 e. The van der Waals surface area contributed by atoms with Crippen LogP contribution in [0.15, 0.2) is 77.7 Å². The number of piperidine rings is 1. The van der Waals surface area contributed by atoms with Crippen molar-refractivity contribution in [2.75, 3.05) is 13.1 Å². The van der Waals surface area contributed by atoms with E-state index in [2.05, 4.69) is 39.4 Å². The molecule has 5 nitrogen and oxygen atoms in total. The zero-order chi connectivity index (χ0) is 22.8. The molecule has 2 aliphatic heterocycles. The highest BCUT2D eigenvalue weighted by molar-refractivity contribution is 9.10. The van der Waals surface area contributed by atoms with Crippen LogP contribution in [0, 0.1) is 0 Å². The summed E-state index contributed by atoms with van der Waals surface area (Å²) >= 11 is 9.85. The number of allylic oxidation sites excluding steroid dienone is 3. The van der Waals surface area contributed by atoms with Crippen molar-refractivity contribution in [2.45, 2.75) is 25.8 Å². The van der Waals surface area contributed by atoms with Crippen LogP contribution in [-0.2, 0) is 4.79 Å². The van der Waals surface area contributed by atoms with Crippen LogP contribution in [0.4, 0.5) is 0 Å². The van der Waals surface area contributed by atoms with E-state index < -0.39 is 0 Å². The lowest BCUT2D eigenvalue weighted by Gasteiger charge is -2.35. The maximum absolute atomic E-state index is 13.3. The Morgan fingerprint density at radius 2 is 2.19 bits per heavy atom. The van der Waals surface area contributed by atoms with E-state index >= 15 is 0 Å². The van der Waals surface area contributed by atoms with Gasteiger partial charge in [-0.2, -0.15) is 0 Å². The quantitative estimate of drug-likeness (QED) is 0.520. The summed E-state index contributed by atoms with van der Waals surface area (Å²) in [6, 6.07) is 6.05. The van der Waals surface area contributed by atoms with Crippen molar-refractivity contribution >= 4 is 50.0 Å². The molecule has 2 aliphatic rings. The molecule has 0 saturated carbocycles. The zero-order valence-electron chi connectivity index (χ0n) is 18.0. The van der Waals surface area contributed by atoms with Crippen molar-refractivity contribution in [3.8, 4) is 0 Å². The highest BCUT2D eigenvalue weighted by atomic mass is 79.9. The summed E-state index contributed by atoms with van der Waals surface area (Å²) in [6.45, 7) is 11.4. The van der Waals surface area contributed by atoms with E-state index in [0.29, 0.717) is 17.1 Å². The van der Waals surface area contributed by atoms with Crippen molar-refractivity contribution in [1.82, 2.24) is 20.1 Å². The van der Waals surface area contributed by atoms with E-state index in [1.165, 1.54) is 0 Å². The number of nitrogens with one attached hydrogen (secondary N) is 2. The van der Waals surface area contributed by atoms with Gasteiger partial charge in [0.2, 0.25) is 0 Å². The van der Waals surface area contributed by atoms with Gasteiger partial charge in [0.15, 0.2) is 0 Å². The first-order chi connectivity index (χ1) is 15.4. The van der Waals surface area contributed by atoms with Crippen LogP contribution in [0.2, 0.25) is 5.02 Å². The van der Waals surface area contributed by atoms with Gasteiger partial charge in [0.1, 0.15) is 0 Å². The van der Waals surface area contributed by atoms with Crippen LogP contribution < -0.4 is 5.32 Å². The number of H-pyrrole nitrogens is 1. The second-order valence-corrected chi connectivity index (χ2v) is 9.26. The third-order valence-corrected chi connectivity index (χ3v) is 6.58. The number of aromatic nitrogens is 1. The first kappa shape index (κ1) is 22.5. The van der Waals surface area contributed by atoms with E-state index in [9.17, 15) is 4.79 Å². The van der Waals surface area contributed by atoms with Gasteiger partial charge in [-0.1, -0.05) is 46.8 Å². The normalized spacial score (nSPS) is 19.9. The van der Waals surface area contributed by atoms with Gasteiger partial charge in [-0.05, 0) is 50.1 Å². The number of likely N-dealkylation sites (tertiary alicyclic amines) is 1. The summed E-state index contributed by atoms with van der Waals surface area (Å²) in [4.78, 5) is 20.5. The molecule has 0 aliphatic carbocycles. The molecule has 32 heavy (non-hydrogen) atoms. The Bertz CT molecular complexity index is 1180. The summed E-state index contributed by atoms with van der Waals surface area (Å²) in [5, 5.41) is 5.19. The van der Waals surface area contributed by atoms with Crippen LogP contribution in [0.5, 0.6) is 0 Å². The van der Waals surface area contributed by atoms with Crippen molar-refractivity contribution in [1.29, 1.82) is 0 Å². The highest BCUT2D eigenvalue weighted by Gasteiger charge is 2.29. The van der Waals surface area contributed by atoms with E-state index in [1.807, 2.05) is 59.4 Å². The summed E-state index contributed by atoms with van der Waals surface area (Å²) in [6.07, 6.45) is 11.2. The molecule has 1 amide bonds. The van der Waals surface area contributed by atoms with E-state index in [0.717, 1.165) is 51.9 Å². The number of halogens is 2. The topological polar surface area (TPSA) is 51.4 Å². The molecule has 2 N–H and O–H groups in total. The van der Waals surface area contributed by atoms with Crippen molar-refractivity contribution in [3.05, 3.63) is 88.4 Å². The Labute approximate surface area is 201 Å². The zero-order valence-corrected chi connectivity index (χ0v) is 20.3. The lowest BCUT2D eigenvalue weighted by atomic mass is 10.0. The lowest BCUT2D eigenvalue weighted by molar-refractivity contribution is -0.128. The van der Waals surface area contributed by atoms with Gasteiger partial charge in [-0.3, -0.25) is 4.79 Å². The number of nitrogens with zero attached hydrogens (tertiary/aromatic N) is 2. The van der Waals surface area contributed by atoms with Crippen molar-refractivity contribution in [2.24, 2.45) is 0 Å². The fourth-order valence-electron chi connectivity index (χ4n) is 4.28. The maximum atomic E-state index is 13.3. The number of hydrogen-bond acceptors (Lipinski definition) is 3. The summed E-state index contributed by atoms with van der Waals surface area (Å²) in [5.74, 6) is 0.0358. The number of carbonyl (C=O) groups excluding carboxylic acids is 1. The molecule has 0 spiro atoms. The monoisotopic (exact) mass is 512 g/mol. The number of carbonyl (C=O) groups is 1. The van der Waals surface area contributed by atoms with Crippen LogP contribution in [-0.4, -0.2) is 39.8 Å². The Morgan fingerprint density at radius 3 is 2.94 bits per heavy atom. The first-order valence-electron chi connectivity index (χ1n) is 10.6. The molecule has 4 rings (SSSR count). The fourth-order valence-corrected chi connectivity index (χ4v) is 5.16. The number of benzene rings is 1. The molecule has 7 heteroatoms. The molecule has 3 heterocycles. The molecule has 1 aromatic heterocycles.